The lowest BCUT2D eigenvalue weighted by Gasteiger charge is -2.32. The average Bonchev–Trinajstić information content (AvgIpc) is 3.86. The molecule has 9 aromatic rings. The second-order valence-electron chi connectivity index (χ2n) is 16.8. The third-order valence-corrected chi connectivity index (χ3v) is 13.5. The van der Waals surface area contributed by atoms with Crippen LogP contribution in [0.1, 0.15) is 47.2 Å². The van der Waals surface area contributed by atoms with Gasteiger partial charge in [0.25, 0.3) is 0 Å². The van der Waals surface area contributed by atoms with Crippen LogP contribution in [0.2, 0.25) is 0 Å². The van der Waals surface area contributed by atoms with E-state index in [0.717, 1.165) is 11.4 Å². The molecule has 3 aliphatic rings. The number of hydrogen-bond donors (Lipinski definition) is 0. The lowest BCUT2D eigenvalue weighted by atomic mass is 9.70. The van der Waals surface area contributed by atoms with E-state index in [4.69, 9.17) is 0 Å². The number of fused-ring (bicyclic) bond motifs is 13. The predicted octanol–water partition coefficient (Wildman–Crippen LogP) is 15.1. The van der Waals surface area contributed by atoms with Crippen LogP contribution in [0.15, 0.2) is 212 Å². The minimum atomic E-state index is -0.419. The van der Waals surface area contributed by atoms with Gasteiger partial charge in [0, 0.05) is 22.4 Å². The van der Waals surface area contributed by atoms with E-state index in [1.165, 1.54) is 94.7 Å². The zero-order valence-corrected chi connectivity index (χ0v) is 33.2. The average molecular weight is 752 g/mol. The summed E-state index contributed by atoms with van der Waals surface area (Å²) in [5.41, 5.74) is 23.9. The molecule has 59 heavy (non-hydrogen) atoms. The van der Waals surface area contributed by atoms with E-state index in [9.17, 15) is 0 Å². The molecule has 0 atom stereocenters. The molecule has 0 unspecified atom stereocenters. The molecule has 9 aromatic carbocycles. The first-order chi connectivity index (χ1) is 29.0. The molecule has 0 radical (unpaired) electrons. The number of benzene rings is 9. The lowest BCUT2D eigenvalue weighted by molar-refractivity contribution is 0.660. The topological polar surface area (TPSA) is 3.24 Å². The second kappa shape index (κ2) is 12.6. The van der Waals surface area contributed by atoms with Gasteiger partial charge in [-0.05, 0) is 120 Å². The molecule has 0 aromatic heterocycles. The highest BCUT2D eigenvalue weighted by Crippen LogP contribution is 2.64. The second-order valence-corrected chi connectivity index (χ2v) is 16.8. The standard InChI is InChI=1S/C58H41N/c1-57(2)49-24-10-6-20-44(49)47-35-32-41(37-54(47)57)39-30-33-42(34-31-39)59(43-19-14-18-40(36-43)38-16-4-3-5-17-38)55-29-15-28-53-56(55)48-23-9-13-27-52(48)58(53)50-25-11-7-21-45(50)46-22-8-12-26-51(46)58/h3-37H,1-2H3. The molecule has 0 heterocycles. The normalized spacial score (nSPS) is 14.2. The summed E-state index contributed by atoms with van der Waals surface area (Å²) in [5, 5.41) is 0. The van der Waals surface area contributed by atoms with Crippen molar-refractivity contribution in [2.24, 2.45) is 0 Å². The zero-order valence-electron chi connectivity index (χ0n) is 33.2. The number of anilines is 3. The molecule has 0 fully saturated rings. The highest BCUT2D eigenvalue weighted by atomic mass is 15.1. The Kier molecular flexibility index (Phi) is 7.26. The first-order valence-electron chi connectivity index (χ1n) is 20.8. The number of hydrogen-bond acceptors (Lipinski definition) is 1. The van der Waals surface area contributed by atoms with Gasteiger partial charge in [-0.3, -0.25) is 0 Å². The summed E-state index contributed by atoms with van der Waals surface area (Å²) >= 11 is 0. The Morgan fingerprint density at radius 1 is 0.305 bits per heavy atom. The maximum atomic E-state index is 2.49. The van der Waals surface area contributed by atoms with Gasteiger partial charge >= 0.3 is 0 Å². The largest absolute Gasteiger partial charge is 0.310 e. The molecular formula is C58H41N. The molecule has 1 spiro atoms. The van der Waals surface area contributed by atoms with Crippen LogP contribution in [-0.2, 0) is 10.8 Å². The minimum absolute atomic E-state index is 0.0515. The van der Waals surface area contributed by atoms with Crippen LogP contribution in [-0.4, -0.2) is 0 Å². The number of rotatable bonds is 5. The summed E-state index contributed by atoms with van der Waals surface area (Å²) in [5.74, 6) is 0. The van der Waals surface area contributed by atoms with Gasteiger partial charge in [0.15, 0.2) is 0 Å². The van der Waals surface area contributed by atoms with E-state index in [1.54, 1.807) is 0 Å². The summed E-state index contributed by atoms with van der Waals surface area (Å²) in [6, 6.07) is 79.1. The molecule has 0 saturated heterocycles. The van der Waals surface area contributed by atoms with Crippen molar-refractivity contribution in [3.63, 3.8) is 0 Å². The van der Waals surface area contributed by atoms with Crippen molar-refractivity contribution >= 4 is 17.1 Å². The van der Waals surface area contributed by atoms with Crippen molar-refractivity contribution in [3.8, 4) is 55.6 Å². The summed E-state index contributed by atoms with van der Waals surface area (Å²) < 4.78 is 0. The fourth-order valence-electron chi connectivity index (χ4n) is 10.9. The molecule has 1 heteroatoms. The fraction of sp³-hybridized carbons (Fsp3) is 0.0690. The van der Waals surface area contributed by atoms with Crippen LogP contribution in [0.3, 0.4) is 0 Å². The minimum Gasteiger partial charge on any atom is -0.310 e. The molecule has 0 amide bonds. The van der Waals surface area contributed by atoms with Crippen LogP contribution in [0.25, 0.3) is 55.6 Å². The smallest absolute Gasteiger partial charge is 0.0726 e. The molecule has 278 valence electrons. The van der Waals surface area contributed by atoms with Crippen molar-refractivity contribution < 1.29 is 0 Å². The fourth-order valence-corrected chi connectivity index (χ4v) is 10.9. The first kappa shape index (κ1) is 33.9. The van der Waals surface area contributed by atoms with Gasteiger partial charge in [0.1, 0.15) is 0 Å². The lowest BCUT2D eigenvalue weighted by Crippen LogP contribution is -2.26. The Morgan fingerprint density at radius 2 is 0.780 bits per heavy atom. The number of nitrogens with zero attached hydrogens (tertiary/aromatic N) is 1. The maximum Gasteiger partial charge on any atom is 0.0726 e. The van der Waals surface area contributed by atoms with Crippen LogP contribution >= 0.6 is 0 Å². The molecule has 12 rings (SSSR count). The third kappa shape index (κ3) is 4.73. The van der Waals surface area contributed by atoms with E-state index in [-0.39, 0.29) is 5.41 Å². The van der Waals surface area contributed by atoms with E-state index in [0.29, 0.717) is 0 Å². The SMILES string of the molecule is CC1(C)c2ccccc2-c2ccc(-c3ccc(N(c4cccc(-c5ccccc5)c4)c4cccc5c4-c4ccccc4C54c5ccccc5-c5ccccc54)cc3)cc21. The molecule has 0 N–H and O–H groups in total. The Hall–Kier alpha value is -7.22. The molecule has 3 aliphatic carbocycles. The first-order valence-corrected chi connectivity index (χ1v) is 20.8. The molecular weight excluding hydrogens is 711 g/mol. The Bertz CT molecular complexity index is 3090. The van der Waals surface area contributed by atoms with Gasteiger partial charge < -0.3 is 4.90 Å². The maximum absolute atomic E-state index is 2.49. The van der Waals surface area contributed by atoms with Crippen molar-refractivity contribution in [1.82, 2.24) is 0 Å². The molecule has 0 aliphatic heterocycles. The van der Waals surface area contributed by atoms with Crippen molar-refractivity contribution in [3.05, 3.63) is 246 Å². The summed E-state index contributed by atoms with van der Waals surface area (Å²) in [6.45, 7) is 4.71. The Morgan fingerprint density at radius 3 is 1.47 bits per heavy atom. The summed E-state index contributed by atoms with van der Waals surface area (Å²) in [6.07, 6.45) is 0. The molecule has 1 nitrogen and oxygen atoms in total. The van der Waals surface area contributed by atoms with Crippen LogP contribution in [0, 0.1) is 0 Å². The van der Waals surface area contributed by atoms with Gasteiger partial charge in [0.05, 0.1) is 11.1 Å². The Labute approximate surface area is 346 Å². The van der Waals surface area contributed by atoms with E-state index >= 15 is 0 Å². The molecule has 0 saturated carbocycles. The predicted molar refractivity (Wildman–Crippen MR) is 246 cm³/mol. The Balaban J connectivity index is 1.06. The summed E-state index contributed by atoms with van der Waals surface area (Å²) in [4.78, 5) is 2.49. The van der Waals surface area contributed by atoms with Gasteiger partial charge in [0.2, 0.25) is 0 Å². The van der Waals surface area contributed by atoms with Gasteiger partial charge in [-0.15, -0.1) is 0 Å². The van der Waals surface area contributed by atoms with Crippen LogP contribution < -0.4 is 4.90 Å². The highest BCUT2D eigenvalue weighted by molar-refractivity contribution is 6.01. The van der Waals surface area contributed by atoms with Gasteiger partial charge in [-0.2, -0.15) is 0 Å². The van der Waals surface area contributed by atoms with Crippen molar-refractivity contribution in [1.29, 1.82) is 0 Å². The van der Waals surface area contributed by atoms with Crippen molar-refractivity contribution in [2.45, 2.75) is 24.7 Å². The van der Waals surface area contributed by atoms with Crippen LogP contribution in [0.4, 0.5) is 17.1 Å². The zero-order chi connectivity index (χ0) is 39.3. The quantitative estimate of drug-likeness (QED) is 0.169. The molecule has 0 bridgehead atoms. The van der Waals surface area contributed by atoms with E-state index in [1.807, 2.05) is 0 Å². The highest BCUT2D eigenvalue weighted by Gasteiger charge is 2.52. The summed E-state index contributed by atoms with van der Waals surface area (Å²) in [7, 11) is 0. The van der Waals surface area contributed by atoms with E-state index < -0.39 is 5.41 Å². The van der Waals surface area contributed by atoms with Gasteiger partial charge in [-0.25, -0.2) is 0 Å². The third-order valence-electron chi connectivity index (χ3n) is 13.5. The monoisotopic (exact) mass is 751 g/mol. The van der Waals surface area contributed by atoms with Gasteiger partial charge in [-0.1, -0.05) is 190 Å². The van der Waals surface area contributed by atoms with E-state index in [2.05, 4.69) is 231 Å². The van der Waals surface area contributed by atoms with Crippen molar-refractivity contribution in [2.75, 3.05) is 4.90 Å². The van der Waals surface area contributed by atoms with Crippen LogP contribution in [0.5, 0.6) is 0 Å².